The molecule has 18 heavy (non-hydrogen) atoms. The highest BCUT2D eigenvalue weighted by Crippen LogP contribution is 2.20. The van der Waals surface area contributed by atoms with E-state index in [9.17, 15) is 4.39 Å². The van der Waals surface area contributed by atoms with Gasteiger partial charge < -0.3 is 5.32 Å². The van der Waals surface area contributed by atoms with Crippen LogP contribution in [0.15, 0.2) is 22.7 Å². The minimum atomic E-state index is -0.0979. The molecule has 0 saturated carbocycles. The van der Waals surface area contributed by atoms with Crippen molar-refractivity contribution < 1.29 is 4.39 Å². The lowest BCUT2D eigenvalue weighted by molar-refractivity contribution is 0.415. The molecule has 0 saturated heterocycles. The Labute approximate surface area is 118 Å². The van der Waals surface area contributed by atoms with Crippen molar-refractivity contribution in [1.82, 2.24) is 5.32 Å². The van der Waals surface area contributed by atoms with Gasteiger partial charge in [-0.25, -0.2) is 4.39 Å². The molecule has 2 unspecified atom stereocenters. The summed E-state index contributed by atoms with van der Waals surface area (Å²) in [6.07, 6.45) is 3.02. The van der Waals surface area contributed by atoms with Crippen LogP contribution in [0.1, 0.15) is 39.2 Å². The third kappa shape index (κ3) is 5.49. The Morgan fingerprint density at radius 2 is 2.06 bits per heavy atom. The van der Waals surface area contributed by atoms with Gasteiger partial charge in [-0.05, 0) is 62.4 Å². The van der Waals surface area contributed by atoms with Crippen LogP contribution in [0.2, 0.25) is 0 Å². The van der Waals surface area contributed by atoms with E-state index >= 15 is 0 Å². The van der Waals surface area contributed by atoms with Crippen LogP contribution in [-0.4, -0.2) is 12.6 Å². The number of rotatable bonds is 7. The zero-order valence-corrected chi connectivity index (χ0v) is 13.1. The predicted octanol–water partition coefficient (Wildman–Crippen LogP) is 4.55. The lowest BCUT2D eigenvalue weighted by Gasteiger charge is -2.18. The molecule has 0 amide bonds. The molecule has 0 aliphatic rings. The minimum Gasteiger partial charge on any atom is -0.314 e. The number of nitrogens with one attached hydrogen (secondary N) is 1. The van der Waals surface area contributed by atoms with E-state index < -0.39 is 0 Å². The van der Waals surface area contributed by atoms with Crippen molar-refractivity contribution in [3.8, 4) is 0 Å². The normalized spacial score (nSPS) is 14.5. The van der Waals surface area contributed by atoms with E-state index in [4.69, 9.17) is 0 Å². The molecular weight excluding hydrogens is 293 g/mol. The molecule has 1 nitrogen and oxygen atoms in total. The van der Waals surface area contributed by atoms with Crippen LogP contribution >= 0.6 is 15.9 Å². The second-order valence-electron chi connectivity index (χ2n) is 5.14. The van der Waals surface area contributed by atoms with Crippen molar-refractivity contribution in [3.05, 3.63) is 34.1 Å². The van der Waals surface area contributed by atoms with Gasteiger partial charge in [0, 0.05) is 10.5 Å². The van der Waals surface area contributed by atoms with Gasteiger partial charge in [-0.1, -0.05) is 29.8 Å². The Kier molecular flexibility index (Phi) is 6.87. The molecule has 0 radical (unpaired) electrons. The van der Waals surface area contributed by atoms with Crippen molar-refractivity contribution in [2.45, 2.75) is 46.1 Å². The Morgan fingerprint density at radius 1 is 1.33 bits per heavy atom. The monoisotopic (exact) mass is 315 g/mol. The van der Waals surface area contributed by atoms with Gasteiger partial charge in [-0.3, -0.25) is 0 Å². The highest BCUT2D eigenvalue weighted by atomic mass is 79.9. The maximum atomic E-state index is 13.6. The van der Waals surface area contributed by atoms with Crippen LogP contribution in [0.25, 0.3) is 0 Å². The number of hydrogen-bond donors (Lipinski definition) is 1. The standard InChI is InChI=1S/C15H23BrFN/c1-4-7-18-12(3)8-11(2)9-13-10-14(16)5-6-15(13)17/h5-6,10-12,18H,4,7-9H2,1-3H3. The zero-order chi connectivity index (χ0) is 13.5. The van der Waals surface area contributed by atoms with Gasteiger partial charge in [-0.2, -0.15) is 0 Å². The summed E-state index contributed by atoms with van der Waals surface area (Å²) in [6, 6.07) is 5.66. The van der Waals surface area contributed by atoms with Gasteiger partial charge >= 0.3 is 0 Å². The summed E-state index contributed by atoms with van der Waals surface area (Å²) in [5.41, 5.74) is 0.805. The molecule has 0 fully saturated rings. The van der Waals surface area contributed by atoms with E-state index in [0.29, 0.717) is 12.0 Å². The number of benzene rings is 1. The minimum absolute atomic E-state index is 0.0979. The van der Waals surface area contributed by atoms with E-state index in [2.05, 4.69) is 42.0 Å². The SMILES string of the molecule is CCCNC(C)CC(C)Cc1cc(Br)ccc1F. The summed E-state index contributed by atoms with van der Waals surface area (Å²) in [4.78, 5) is 0. The number of hydrogen-bond acceptors (Lipinski definition) is 1. The lowest BCUT2D eigenvalue weighted by atomic mass is 9.94. The van der Waals surface area contributed by atoms with E-state index in [1.165, 1.54) is 6.07 Å². The summed E-state index contributed by atoms with van der Waals surface area (Å²) >= 11 is 3.39. The van der Waals surface area contributed by atoms with E-state index in [-0.39, 0.29) is 5.82 Å². The molecule has 0 aliphatic carbocycles. The lowest BCUT2D eigenvalue weighted by Crippen LogP contribution is -2.28. The van der Waals surface area contributed by atoms with E-state index in [0.717, 1.165) is 35.8 Å². The first-order valence-electron chi connectivity index (χ1n) is 6.70. The van der Waals surface area contributed by atoms with Crippen molar-refractivity contribution in [3.63, 3.8) is 0 Å². The van der Waals surface area contributed by atoms with Crippen molar-refractivity contribution in [2.75, 3.05) is 6.54 Å². The van der Waals surface area contributed by atoms with Crippen LogP contribution in [0.3, 0.4) is 0 Å². The third-order valence-corrected chi connectivity index (χ3v) is 3.57. The second kappa shape index (κ2) is 7.90. The van der Waals surface area contributed by atoms with Crippen molar-refractivity contribution in [1.29, 1.82) is 0 Å². The molecule has 0 bridgehead atoms. The second-order valence-corrected chi connectivity index (χ2v) is 6.05. The first-order chi connectivity index (χ1) is 8.52. The summed E-state index contributed by atoms with van der Waals surface area (Å²) in [5.74, 6) is 0.382. The summed E-state index contributed by atoms with van der Waals surface area (Å²) in [6.45, 7) is 7.60. The maximum Gasteiger partial charge on any atom is 0.126 e. The number of halogens is 2. The Balaban J connectivity index is 2.48. The van der Waals surface area contributed by atoms with Crippen LogP contribution in [0.4, 0.5) is 4.39 Å². The zero-order valence-electron chi connectivity index (χ0n) is 11.5. The molecule has 0 aromatic heterocycles. The molecule has 1 aromatic carbocycles. The fraction of sp³-hybridized carbons (Fsp3) is 0.600. The molecule has 3 heteroatoms. The topological polar surface area (TPSA) is 12.0 Å². The molecule has 0 heterocycles. The van der Waals surface area contributed by atoms with Gasteiger partial charge in [0.15, 0.2) is 0 Å². The van der Waals surface area contributed by atoms with Gasteiger partial charge in [0.2, 0.25) is 0 Å². The fourth-order valence-electron chi connectivity index (χ4n) is 2.24. The summed E-state index contributed by atoms with van der Waals surface area (Å²) in [5, 5.41) is 3.47. The molecule has 1 N–H and O–H groups in total. The van der Waals surface area contributed by atoms with Crippen molar-refractivity contribution >= 4 is 15.9 Å². The largest absolute Gasteiger partial charge is 0.314 e. The highest BCUT2D eigenvalue weighted by Gasteiger charge is 2.11. The van der Waals surface area contributed by atoms with Gasteiger partial charge in [0.05, 0.1) is 0 Å². The average Bonchev–Trinajstić information content (AvgIpc) is 2.31. The average molecular weight is 316 g/mol. The molecule has 0 spiro atoms. The van der Waals surface area contributed by atoms with Gasteiger partial charge in [0.25, 0.3) is 0 Å². The predicted molar refractivity (Wildman–Crippen MR) is 79.3 cm³/mol. The van der Waals surface area contributed by atoms with Crippen LogP contribution in [0, 0.1) is 11.7 Å². The molecule has 2 atom stereocenters. The van der Waals surface area contributed by atoms with Crippen molar-refractivity contribution in [2.24, 2.45) is 5.92 Å². The molecular formula is C15H23BrFN. The quantitative estimate of drug-likeness (QED) is 0.778. The summed E-state index contributed by atoms with van der Waals surface area (Å²) < 4.78 is 14.6. The van der Waals surface area contributed by atoms with Crippen LogP contribution in [-0.2, 0) is 6.42 Å². The summed E-state index contributed by atoms with van der Waals surface area (Å²) in [7, 11) is 0. The Morgan fingerprint density at radius 3 is 2.72 bits per heavy atom. The van der Waals surface area contributed by atoms with E-state index in [1.54, 1.807) is 6.07 Å². The maximum absolute atomic E-state index is 13.6. The Hall–Kier alpha value is -0.410. The smallest absolute Gasteiger partial charge is 0.126 e. The Bertz CT molecular complexity index is 368. The first kappa shape index (κ1) is 15.6. The van der Waals surface area contributed by atoms with Gasteiger partial charge in [-0.15, -0.1) is 0 Å². The molecule has 0 aliphatic heterocycles. The third-order valence-electron chi connectivity index (χ3n) is 3.07. The van der Waals surface area contributed by atoms with Crippen LogP contribution < -0.4 is 5.32 Å². The first-order valence-corrected chi connectivity index (χ1v) is 7.49. The molecule has 1 aromatic rings. The molecule has 102 valence electrons. The highest BCUT2D eigenvalue weighted by molar-refractivity contribution is 9.10. The van der Waals surface area contributed by atoms with E-state index in [1.807, 2.05) is 6.07 Å². The molecule has 1 rings (SSSR count). The van der Waals surface area contributed by atoms with Gasteiger partial charge in [0.1, 0.15) is 5.82 Å². The fourth-order valence-corrected chi connectivity index (χ4v) is 2.64. The van der Waals surface area contributed by atoms with Crippen LogP contribution in [0.5, 0.6) is 0 Å².